The van der Waals surface area contributed by atoms with Crippen molar-refractivity contribution in [1.29, 1.82) is 0 Å². The van der Waals surface area contributed by atoms with E-state index in [-0.39, 0.29) is 22.9 Å². The minimum atomic E-state index is -4.88. The van der Waals surface area contributed by atoms with E-state index in [2.05, 4.69) is 41.4 Å². The van der Waals surface area contributed by atoms with Gasteiger partial charge in [0.2, 0.25) is 0 Å². The predicted octanol–water partition coefficient (Wildman–Crippen LogP) is 9.73. The number of nitrogens with zero attached hydrogens (tertiary/aromatic N) is 3. The summed E-state index contributed by atoms with van der Waals surface area (Å²) in [5, 5.41) is 12.6. The van der Waals surface area contributed by atoms with Crippen LogP contribution < -0.4 is 26.0 Å². The zero-order valence-electron chi connectivity index (χ0n) is 28.5. The van der Waals surface area contributed by atoms with Gasteiger partial charge in [-0.25, -0.2) is 23.2 Å². The van der Waals surface area contributed by atoms with Crippen molar-refractivity contribution in [2.75, 3.05) is 17.7 Å². The standard InChI is InChI=1S/C18H14BrCl2N5O2.C16H8Cl2F6N2O3/c1-9-6-10(20)7-11(17(27)22-2)15(9)24-18(28)13-8-14(19)25-26(13)16-12(21)4-3-5-23-16;17-7-4-6(5-8(18)12(7)29-16(23,24)14(21)22)25-15(28)26-13(27)11-9(19)2-1-3-10(11)20/h3-8H,1-2H3,(H,22,27)(H,24,28);1-5,14H,(H2,25,26,27,28). The number of urea groups is 1. The molecule has 0 unspecified atom stereocenters. The van der Waals surface area contributed by atoms with Crippen LogP contribution in [-0.4, -0.2) is 58.1 Å². The van der Waals surface area contributed by atoms with E-state index < -0.39 is 63.4 Å². The number of imide groups is 1. The summed E-state index contributed by atoms with van der Waals surface area (Å²) in [6.45, 7) is 1.75. The van der Waals surface area contributed by atoms with Crippen molar-refractivity contribution in [2.45, 2.75) is 19.5 Å². The van der Waals surface area contributed by atoms with Gasteiger partial charge in [0.05, 0.1) is 26.3 Å². The third-order valence-corrected chi connectivity index (χ3v) is 8.49. The van der Waals surface area contributed by atoms with Crippen LogP contribution in [0.15, 0.2) is 71.5 Å². The number of nitrogens with one attached hydrogen (secondary N) is 4. The second-order valence-electron chi connectivity index (χ2n) is 11.0. The van der Waals surface area contributed by atoms with Crippen molar-refractivity contribution in [1.82, 2.24) is 25.4 Å². The molecule has 0 saturated heterocycles. The van der Waals surface area contributed by atoms with Crippen LogP contribution in [0.3, 0.4) is 0 Å². The Labute approximate surface area is 345 Å². The first-order valence-corrected chi connectivity index (χ1v) is 17.6. The highest BCUT2D eigenvalue weighted by atomic mass is 79.9. The molecule has 0 radical (unpaired) electrons. The first-order valence-electron chi connectivity index (χ1n) is 15.3. The van der Waals surface area contributed by atoms with E-state index in [1.165, 1.54) is 23.9 Å². The number of carbonyl (C=O) groups excluding carboxylic acids is 4. The second-order valence-corrected chi connectivity index (χ2v) is 13.5. The molecule has 0 bridgehead atoms. The zero-order chi connectivity index (χ0) is 42.4. The lowest BCUT2D eigenvalue weighted by molar-refractivity contribution is -0.253. The molecule has 2 heterocycles. The number of aromatic nitrogens is 3. The molecular weight excluding hydrogens is 922 g/mol. The normalized spacial score (nSPS) is 11.0. The first kappa shape index (κ1) is 44.6. The highest BCUT2D eigenvalue weighted by Gasteiger charge is 2.45. The van der Waals surface area contributed by atoms with Crippen molar-refractivity contribution in [3.8, 4) is 11.6 Å². The predicted molar refractivity (Wildman–Crippen MR) is 202 cm³/mol. The number of pyridine rings is 1. The van der Waals surface area contributed by atoms with Gasteiger partial charge in [0, 0.05) is 30.0 Å². The lowest BCUT2D eigenvalue weighted by Crippen LogP contribution is -2.35. The second kappa shape index (κ2) is 18.9. The molecule has 5 aromatic rings. The molecule has 0 atom stereocenters. The number of halogens is 11. The molecule has 5 rings (SSSR count). The van der Waals surface area contributed by atoms with Crippen LogP contribution >= 0.6 is 62.3 Å². The number of benzene rings is 3. The van der Waals surface area contributed by atoms with Crippen molar-refractivity contribution in [2.24, 2.45) is 0 Å². The van der Waals surface area contributed by atoms with Crippen molar-refractivity contribution >= 4 is 97.5 Å². The van der Waals surface area contributed by atoms with Crippen LogP contribution in [-0.2, 0) is 0 Å². The highest BCUT2D eigenvalue weighted by molar-refractivity contribution is 9.10. The zero-order valence-corrected chi connectivity index (χ0v) is 33.1. The molecule has 0 fully saturated rings. The molecule has 23 heteroatoms. The number of amides is 5. The molecule has 57 heavy (non-hydrogen) atoms. The molecule has 5 amide bonds. The third kappa shape index (κ3) is 11.1. The molecule has 0 aliphatic carbocycles. The Morgan fingerprint density at radius 3 is 2.07 bits per heavy atom. The first-order chi connectivity index (χ1) is 26.7. The lowest BCUT2D eigenvalue weighted by Gasteiger charge is -2.19. The van der Waals surface area contributed by atoms with Gasteiger partial charge in [-0.15, -0.1) is 0 Å². The Balaban J connectivity index is 0.000000253. The quantitative estimate of drug-likeness (QED) is 0.107. The fourth-order valence-electron chi connectivity index (χ4n) is 4.56. The van der Waals surface area contributed by atoms with Crippen LogP contribution in [0.4, 0.5) is 42.5 Å². The van der Waals surface area contributed by atoms with Crippen molar-refractivity contribution < 1.29 is 50.3 Å². The van der Waals surface area contributed by atoms with Gasteiger partial charge in [-0.3, -0.25) is 19.7 Å². The molecule has 3 aromatic carbocycles. The molecule has 300 valence electrons. The van der Waals surface area contributed by atoms with Gasteiger partial charge >= 0.3 is 18.6 Å². The summed E-state index contributed by atoms with van der Waals surface area (Å²) >= 11 is 26.8. The number of ether oxygens (including phenoxy) is 1. The maximum atomic E-state index is 13.5. The summed E-state index contributed by atoms with van der Waals surface area (Å²) in [7, 11) is 1.50. The van der Waals surface area contributed by atoms with E-state index in [1.807, 2.05) is 5.32 Å². The van der Waals surface area contributed by atoms with Crippen LogP contribution in [0.5, 0.6) is 5.75 Å². The van der Waals surface area contributed by atoms with Gasteiger partial charge in [-0.1, -0.05) is 52.5 Å². The van der Waals surface area contributed by atoms with Crippen LogP contribution in [0.1, 0.15) is 36.8 Å². The minimum absolute atomic E-state index is 0.185. The molecule has 0 saturated carbocycles. The molecule has 2 aromatic heterocycles. The number of hydrogen-bond donors (Lipinski definition) is 4. The minimum Gasteiger partial charge on any atom is -0.425 e. The molecule has 4 N–H and O–H groups in total. The van der Waals surface area contributed by atoms with E-state index in [0.29, 0.717) is 31.7 Å². The van der Waals surface area contributed by atoms with Gasteiger partial charge in [0.15, 0.2) is 11.6 Å². The number of aryl methyl sites for hydroxylation is 1. The highest BCUT2D eigenvalue weighted by Crippen LogP contribution is 2.40. The van der Waals surface area contributed by atoms with E-state index >= 15 is 0 Å². The number of hydrogen-bond acceptors (Lipinski definition) is 7. The summed E-state index contributed by atoms with van der Waals surface area (Å²) in [6.07, 6.45) is -7.50. The van der Waals surface area contributed by atoms with E-state index in [0.717, 1.165) is 30.3 Å². The summed E-state index contributed by atoms with van der Waals surface area (Å²) in [5.41, 5.74) is 0.139. The Morgan fingerprint density at radius 2 is 1.49 bits per heavy atom. The summed E-state index contributed by atoms with van der Waals surface area (Å²) in [4.78, 5) is 53.0. The smallest absolute Gasteiger partial charge is 0.425 e. The molecule has 12 nitrogen and oxygen atoms in total. The Hall–Kier alpha value is -5.08. The molecule has 0 spiro atoms. The topological polar surface area (TPSA) is 156 Å². The molecular formula is C34H22BrCl4F6N7O5. The Bertz CT molecular complexity index is 2330. The number of alkyl halides is 4. The van der Waals surface area contributed by atoms with Crippen molar-refractivity contribution in [3.63, 3.8) is 0 Å². The van der Waals surface area contributed by atoms with Crippen LogP contribution in [0, 0.1) is 18.6 Å². The van der Waals surface area contributed by atoms with Crippen molar-refractivity contribution in [3.05, 3.63) is 126 Å². The maximum Gasteiger partial charge on any atom is 0.461 e. The fraction of sp³-hybridized carbons (Fsp3) is 0.118. The largest absolute Gasteiger partial charge is 0.461 e. The summed E-state index contributed by atoms with van der Waals surface area (Å²) in [5.74, 6) is -5.38. The summed E-state index contributed by atoms with van der Waals surface area (Å²) in [6, 6.07) is 10.9. The Morgan fingerprint density at radius 1 is 0.860 bits per heavy atom. The average Bonchev–Trinajstić information content (AvgIpc) is 3.52. The monoisotopic (exact) mass is 941 g/mol. The van der Waals surface area contributed by atoms with E-state index in [4.69, 9.17) is 46.4 Å². The van der Waals surface area contributed by atoms with Gasteiger partial charge in [-0.2, -0.15) is 22.7 Å². The van der Waals surface area contributed by atoms with Crippen LogP contribution in [0.2, 0.25) is 20.1 Å². The fourth-order valence-corrected chi connectivity index (χ4v) is 5.98. The number of rotatable bonds is 9. The lowest BCUT2D eigenvalue weighted by atomic mass is 10.1. The average molecular weight is 944 g/mol. The number of anilines is 2. The molecule has 0 aliphatic heterocycles. The van der Waals surface area contributed by atoms with Gasteiger partial charge in [0.1, 0.15) is 27.5 Å². The third-order valence-electron chi connectivity index (χ3n) is 7.03. The van der Waals surface area contributed by atoms with Gasteiger partial charge < -0.3 is 20.7 Å². The van der Waals surface area contributed by atoms with Gasteiger partial charge in [0.25, 0.3) is 17.7 Å². The van der Waals surface area contributed by atoms with E-state index in [1.54, 1.807) is 36.6 Å². The van der Waals surface area contributed by atoms with Gasteiger partial charge in [-0.05, 0) is 76.9 Å². The molecule has 0 aliphatic rings. The Kier molecular flexibility index (Phi) is 14.8. The summed E-state index contributed by atoms with van der Waals surface area (Å²) < 4.78 is 83.1. The maximum absolute atomic E-state index is 13.5. The van der Waals surface area contributed by atoms with Crippen LogP contribution in [0.25, 0.3) is 5.82 Å². The SMILES string of the molecule is CNC(=O)c1cc(Cl)cc(C)c1NC(=O)c1cc(Br)nn1-c1ncccc1Cl.O=C(NC(=O)c1c(F)cccc1F)Nc1cc(Cl)c(OC(F)(F)C(F)F)c(Cl)c1. The van der Waals surface area contributed by atoms with E-state index in [9.17, 15) is 45.5 Å². The number of carbonyl (C=O) groups is 4.